The molecule has 7 heteroatoms. The Morgan fingerprint density at radius 1 is 1.59 bits per heavy atom. The summed E-state index contributed by atoms with van der Waals surface area (Å²) in [5.74, 6) is 0. The summed E-state index contributed by atoms with van der Waals surface area (Å²) in [4.78, 5) is 12.9. The van der Waals surface area contributed by atoms with E-state index in [0.29, 0.717) is 23.6 Å². The van der Waals surface area contributed by atoms with E-state index in [1.165, 1.54) is 6.07 Å². The van der Waals surface area contributed by atoms with Gasteiger partial charge in [-0.3, -0.25) is 10.1 Å². The van der Waals surface area contributed by atoms with Gasteiger partial charge in [-0.05, 0) is 24.1 Å². The highest BCUT2D eigenvalue weighted by Crippen LogP contribution is 2.24. The van der Waals surface area contributed by atoms with Crippen molar-refractivity contribution in [1.82, 2.24) is 0 Å². The Balaban J connectivity index is 2.83. The molecule has 0 aliphatic heterocycles. The zero-order valence-electron chi connectivity index (χ0n) is 8.78. The molecule has 0 saturated carbocycles. The second-order valence-electron chi connectivity index (χ2n) is 3.11. The normalized spacial score (nSPS) is 10.2. The standard InChI is InChI=1S/C10H9ClN4O2/c11-9-5-4-8(10(7-9)15(16)17)3-1-2-6-13-14-12/h1,3-5,7H,2,6H2. The number of hydrogen-bond donors (Lipinski definition) is 0. The highest BCUT2D eigenvalue weighted by atomic mass is 35.5. The molecule has 0 spiro atoms. The highest BCUT2D eigenvalue weighted by Gasteiger charge is 2.11. The Morgan fingerprint density at radius 2 is 2.35 bits per heavy atom. The summed E-state index contributed by atoms with van der Waals surface area (Å²) in [5, 5.41) is 14.4. The van der Waals surface area contributed by atoms with Gasteiger partial charge in [0.2, 0.25) is 0 Å². The van der Waals surface area contributed by atoms with Crippen molar-refractivity contribution in [2.75, 3.05) is 6.54 Å². The molecular weight excluding hydrogens is 244 g/mol. The van der Waals surface area contributed by atoms with Gasteiger partial charge in [-0.15, -0.1) is 0 Å². The van der Waals surface area contributed by atoms with E-state index in [4.69, 9.17) is 17.1 Å². The van der Waals surface area contributed by atoms with Crippen LogP contribution in [0.2, 0.25) is 5.02 Å². The molecule has 1 rings (SSSR count). The fourth-order valence-corrected chi connectivity index (χ4v) is 1.37. The molecule has 0 N–H and O–H groups in total. The van der Waals surface area contributed by atoms with Crippen molar-refractivity contribution in [1.29, 1.82) is 0 Å². The van der Waals surface area contributed by atoms with Crippen molar-refractivity contribution in [2.45, 2.75) is 6.42 Å². The van der Waals surface area contributed by atoms with Gasteiger partial charge in [0.15, 0.2) is 0 Å². The lowest BCUT2D eigenvalue weighted by atomic mass is 10.1. The lowest BCUT2D eigenvalue weighted by Gasteiger charge is -1.97. The monoisotopic (exact) mass is 252 g/mol. The molecule has 0 fully saturated rings. The minimum atomic E-state index is -0.487. The van der Waals surface area contributed by atoms with Crippen molar-refractivity contribution in [3.05, 3.63) is 55.4 Å². The van der Waals surface area contributed by atoms with Gasteiger partial charge < -0.3 is 0 Å². The van der Waals surface area contributed by atoms with Crippen molar-refractivity contribution >= 4 is 23.4 Å². The van der Waals surface area contributed by atoms with Gasteiger partial charge in [0.05, 0.1) is 10.5 Å². The maximum Gasteiger partial charge on any atom is 0.278 e. The summed E-state index contributed by atoms with van der Waals surface area (Å²) in [7, 11) is 0. The smallest absolute Gasteiger partial charge is 0.258 e. The van der Waals surface area contributed by atoms with Crippen LogP contribution in [0.15, 0.2) is 29.4 Å². The zero-order valence-corrected chi connectivity index (χ0v) is 9.54. The minimum Gasteiger partial charge on any atom is -0.258 e. The SMILES string of the molecule is [N-]=[N+]=NCCC=Cc1ccc(Cl)cc1[N+](=O)[O-]. The number of rotatable bonds is 5. The average molecular weight is 253 g/mol. The molecule has 0 atom stereocenters. The third-order valence-electron chi connectivity index (χ3n) is 1.95. The van der Waals surface area contributed by atoms with E-state index in [-0.39, 0.29) is 5.69 Å². The number of azide groups is 1. The first kappa shape index (κ1) is 13.0. The fraction of sp³-hybridized carbons (Fsp3) is 0.200. The molecule has 88 valence electrons. The number of halogens is 1. The summed E-state index contributed by atoms with van der Waals surface area (Å²) in [6.45, 7) is 0.328. The zero-order chi connectivity index (χ0) is 12.7. The second-order valence-corrected chi connectivity index (χ2v) is 3.54. The van der Waals surface area contributed by atoms with Crippen molar-refractivity contribution < 1.29 is 4.92 Å². The van der Waals surface area contributed by atoms with Crippen LogP contribution in [0.1, 0.15) is 12.0 Å². The first-order valence-corrected chi connectivity index (χ1v) is 5.14. The van der Waals surface area contributed by atoms with Crippen LogP contribution in [0.3, 0.4) is 0 Å². The van der Waals surface area contributed by atoms with Crippen LogP contribution in [0, 0.1) is 10.1 Å². The molecule has 0 aromatic heterocycles. The van der Waals surface area contributed by atoms with Gasteiger partial charge in [0, 0.05) is 22.5 Å². The van der Waals surface area contributed by atoms with E-state index in [9.17, 15) is 10.1 Å². The lowest BCUT2D eigenvalue weighted by molar-refractivity contribution is -0.385. The fourth-order valence-electron chi connectivity index (χ4n) is 1.20. The van der Waals surface area contributed by atoms with Crippen LogP contribution < -0.4 is 0 Å². The summed E-state index contributed by atoms with van der Waals surface area (Å²) in [5.41, 5.74) is 8.49. The van der Waals surface area contributed by atoms with E-state index >= 15 is 0 Å². The summed E-state index contributed by atoms with van der Waals surface area (Å²) < 4.78 is 0. The van der Waals surface area contributed by atoms with Crippen LogP contribution in [0.25, 0.3) is 16.5 Å². The molecule has 1 aromatic rings. The maximum absolute atomic E-state index is 10.8. The molecule has 0 aliphatic carbocycles. The van der Waals surface area contributed by atoms with E-state index in [2.05, 4.69) is 10.0 Å². The Morgan fingerprint density at radius 3 is 3.00 bits per heavy atom. The molecule has 0 bridgehead atoms. The molecular formula is C10H9ClN4O2. The van der Waals surface area contributed by atoms with Crippen LogP contribution >= 0.6 is 11.6 Å². The first-order valence-electron chi connectivity index (χ1n) is 4.76. The molecule has 0 heterocycles. The maximum atomic E-state index is 10.8. The van der Waals surface area contributed by atoms with E-state index < -0.39 is 4.92 Å². The van der Waals surface area contributed by atoms with E-state index in [1.807, 2.05) is 0 Å². The van der Waals surface area contributed by atoms with E-state index in [1.54, 1.807) is 24.3 Å². The van der Waals surface area contributed by atoms with Gasteiger partial charge in [-0.2, -0.15) is 0 Å². The minimum absolute atomic E-state index is 0.0439. The van der Waals surface area contributed by atoms with Crippen LogP contribution in [-0.4, -0.2) is 11.5 Å². The number of hydrogen-bond acceptors (Lipinski definition) is 3. The first-order chi connectivity index (χ1) is 8.15. The molecule has 17 heavy (non-hydrogen) atoms. The second kappa shape index (κ2) is 6.52. The summed E-state index contributed by atoms with van der Waals surface area (Å²) in [6.07, 6.45) is 3.86. The Bertz CT molecular complexity index is 495. The molecule has 1 aromatic carbocycles. The average Bonchev–Trinajstić information content (AvgIpc) is 2.30. The molecule has 0 aliphatic rings. The number of nitro groups is 1. The molecule has 6 nitrogen and oxygen atoms in total. The van der Waals surface area contributed by atoms with Crippen LogP contribution in [-0.2, 0) is 0 Å². The van der Waals surface area contributed by atoms with Gasteiger partial charge >= 0.3 is 0 Å². The molecule has 0 saturated heterocycles. The van der Waals surface area contributed by atoms with Gasteiger partial charge in [0.1, 0.15) is 0 Å². The number of nitrogens with zero attached hydrogens (tertiary/aromatic N) is 4. The predicted molar refractivity (Wildman–Crippen MR) is 65.8 cm³/mol. The predicted octanol–water partition coefficient (Wildman–Crippen LogP) is 3.96. The largest absolute Gasteiger partial charge is 0.278 e. The summed E-state index contributed by atoms with van der Waals surface area (Å²) >= 11 is 5.68. The lowest BCUT2D eigenvalue weighted by Crippen LogP contribution is -1.91. The van der Waals surface area contributed by atoms with Crippen molar-refractivity contribution in [3.63, 3.8) is 0 Å². The van der Waals surface area contributed by atoms with Gasteiger partial charge in [-0.25, -0.2) is 0 Å². The van der Waals surface area contributed by atoms with E-state index in [0.717, 1.165) is 0 Å². The highest BCUT2D eigenvalue weighted by molar-refractivity contribution is 6.30. The quantitative estimate of drug-likeness (QED) is 0.198. The topological polar surface area (TPSA) is 91.9 Å². The van der Waals surface area contributed by atoms with Gasteiger partial charge in [-0.1, -0.05) is 28.9 Å². The molecule has 0 amide bonds. The molecule has 0 radical (unpaired) electrons. The number of nitro benzene ring substituents is 1. The molecule has 0 unspecified atom stereocenters. The Hall–Kier alpha value is -2.04. The van der Waals surface area contributed by atoms with Crippen LogP contribution in [0.4, 0.5) is 5.69 Å². The Kier molecular flexibility index (Phi) is 5.00. The van der Waals surface area contributed by atoms with Crippen molar-refractivity contribution in [2.24, 2.45) is 5.11 Å². The number of benzene rings is 1. The van der Waals surface area contributed by atoms with Crippen LogP contribution in [0.5, 0.6) is 0 Å². The van der Waals surface area contributed by atoms with Gasteiger partial charge in [0.25, 0.3) is 5.69 Å². The third kappa shape index (κ3) is 4.14. The summed E-state index contributed by atoms with van der Waals surface area (Å²) in [6, 6.07) is 4.46. The Labute approximate surface area is 102 Å². The third-order valence-corrected chi connectivity index (χ3v) is 2.18. The van der Waals surface area contributed by atoms with Crippen molar-refractivity contribution in [3.8, 4) is 0 Å².